The van der Waals surface area contributed by atoms with Gasteiger partial charge in [0.25, 0.3) is 8.07 Å². The molecule has 0 aromatic carbocycles. The molecule has 0 nitrogen and oxygen atoms in total. The Labute approximate surface area is 35.2 Å². The highest BCUT2D eigenvalue weighted by molar-refractivity contribution is 6.77. The zero-order valence-corrected chi connectivity index (χ0v) is 5.21. The van der Waals surface area contributed by atoms with Crippen molar-refractivity contribution in [1.82, 2.24) is 0 Å². The van der Waals surface area contributed by atoms with E-state index in [4.69, 9.17) is 0 Å². The largest absolute Gasteiger partial charge is 0.256 e. The van der Waals surface area contributed by atoms with Crippen molar-refractivity contribution in [3.63, 3.8) is 0 Å². The molecule has 0 aromatic rings. The Morgan fingerprint density at radius 3 is 1.20 bits per heavy atom. The van der Waals surface area contributed by atoms with Crippen LogP contribution >= 0.6 is 0 Å². The smallest absolute Gasteiger partial charge is 0.0281 e. The van der Waals surface area contributed by atoms with Crippen LogP contribution in [0.5, 0.6) is 0 Å². The Kier molecular flexibility index (Phi) is 1.07. The first-order valence-electron chi connectivity index (χ1n) is 1.85. The molecule has 0 aliphatic rings. The minimum Gasteiger partial charge on any atom is -0.0281 e. The maximum Gasteiger partial charge on any atom is 0.256 e. The third-order valence-corrected chi connectivity index (χ3v) is 0. The van der Waals surface area contributed by atoms with Gasteiger partial charge in [-0.15, -0.1) is 0 Å². The fourth-order valence-electron chi connectivity index (χ4n) is 0. The van der Waals surface area contributed by atoms with Crippen LogP contribution in [0, 0.1) is 6.55 Å². The first kappa shape index (κ1) is 5.09. The van der Waals surface area contributed by atoms with E-state index in [9.17, 15) is 0 Å². The molecular weight excluding hydrogens is 76.1 g/mol. The molecule has 0 fully saturated rings. The van der Waals surface area contributed by atoms with Crippen molar-refractivity contribution in [2.75, 3.05) is 0 Å². The molecule has 0 atom stereocenters. The lowest BCUT2D eigenvalue weighted by Gasteiger charge is -1.88. The quantitative estimate of drug-likeness (QED) is 0.311. The van der Waals surface area contributed by atoms with E-state index in [0.717, 1.165) is 0 Å². The standard InChI is InChI=1S/C4H11Si/c1-5(2,3)4/h1H2,2-4H3/q+1. The van der Waals surface area contributed by atoms with E-state index in [1.165, 1.54) is 0 Å². The molecule has 0 spiro atoms. The minimum absolute atomic E-state index is 0.861. The second-order valence-electron chi connectivity index (χ2n) is 2.56. The summed E-state index contributed by atoms with van der Waals surface area (Å²) in [5, 5.41) is 0. The van der Waals surface area contributed by atoms with Crippen LogP contribution in [-0.2, 0) is 0 Å². The lowest BCUT2D eigenvalue weighted by atomic mass is 11.8. The molecule has 30 valence electrons. The first-order chi connectivity index (χ1) is 2.00. The predicted molar refractivity (Wildman–Crippen MR) is 28.7 cm³/mol. The summed E-state index contributed by atoms with van der Waals surface area (Å²) in [5.41, 5.74) is 0. The summed E-state index contributed by atoms with van der Waals surface area (Å²) in [6.45, 7) is 10.6. The van der Waals surface area contributed by atoms with Crippen LogP contribution in [0.15, 0.2) is 0 Å². The van der Waals surface area contributed by atoms with Gasteiger partial charge in [-0.25, -0.2) is 0 Å². The number of hydrogen-bond donors (Lipinski definition) is 0. The molecule has 5 heavy (non-hydrogen) atoms. The molecular formula is C4H11Si+. The van der Waals surface area contributed by atoms with E-state index < -0.39 is 8.07 Å². The van der Waals surface area contributed by atoms with Crippen molar-refractivity contribution >= 4 is 8.07 Å². The molecule has 0 bridgehead atoms. The molecule has 0 rings (SSSR count). The second-order valence-corrected chi connectivity index (χ2v) is 7.68. The van der Waals surface area contributed by atoms with Gasteiger partial charge in [-0.05, 0) is 19.6 Å². The van der Waals surface area contributed by atoms with Crippen LogP contribution in [0.4, 0.5) is 0 Å². The summed E-state index contributed by atoms with van der Waals surface area (Å²) in [7, 11) is -0.861. The van der Waals surface area contributed by atoms with E-state index in [1.807, 2.05) is 0 Å². The molecule has 0 saturated heterocycles. The number of hydrogen-bond acceptors (Lipinski definition) is 0. The summed E-state index contributed by atoms with van der Waals surface area (Å²) < 4.78 is 0. The maximum atomic E-state index is 3.91. The van der Waals surface area contributed by atoms with Crippen molar-refractivity contribution in [3.05, 3.63) is 6.55 Å². The van der Waals surface area contributed by atoms with E-state index in [0.29, 0.717) is 0 Å². The summed E-state index contributed by atoms with van der Waals surface area (Å²) in [4.78, 5) is 0. The Bertz CT molecular complexity index is 19.1. The first-order valence-corrected chi connectivity index (χ1v) is 5.56. The van der Waals surface area contributed by atoms with Gasteiger partial charge in [-0.1, -0.05) is 0 Å². The molecule has 0 radical (unpaired) electrons. The molecule has 0 aromatic heterocycles. The summed E-state index contributed by atoms with van der Waals surface area (Å²) in [6, 6.07) is 0. The van der Waals surface area contributed by atoms with Gasteiger partial charge >= 0.3 is 0 Å². The molecule has 0 aliphatic heterocycles. The minimum atomic E-state index is -0.861. The van der Waals surface area contributed by atoms with Gasteiger partial charge < -0.3 is 0 Å². The Morgan fingerprint density at radius 1 is 1.20 bits per heavy atom. The lowest BCUT2D eigenvalue weighted by molar-refractivity contribution is 1.78. The maximum absolute atomic E-state index is 3.91. The van der Waals surface area contributed by atoms with Crippen molar-refractivity contribution in [2.24, 2.45) is 0 Å². The highest BCUT2D eigenvalue weighted by Gasteiger charge is 2.12. The molecule has 0 heterocycles. The monoisotopic (exact) mass is 87.1 g/mol. The van der Waals surface area contributed by atoms with Crippen molar-refractivity contribution in [3.8, 4) is 0 Å². The molecule has 0 N–H and O–H groups in total. The topological polar surface area (TPSA) is 0 Å². The van der Waals surface area contributed by atoms with Gasteiger partial charge in [0.1, 0.15) is 0 Å². The molecule has 0 saturated carbocycles. The number of rotatable bonds is 0. The Morgan fingerprint density at radius 2 is 1.20 bits per heavy atom. The van der Waals surface area contributed by atoms with Crippen LogP contribution < -0.4 is 0 Å². The van der Waals surface area contributed by atoms with Crippen LogP contribution in [0.2, 0.25) is 19.6 Å². The summed E-state index contributed by atoms with van der Waals surface area (Å²) in [5.74, 6) is 0. The van der Waals surface area contributed by atoms with Gasteiger partial charge in [0, 0.05) is 6.55 Å². The summed E-state index contributed by atoms with van der Waals surface area (Å²) in [6.07, 6.45) is 0. The van der Waals surface area contributed by atoms with Crippen LogP contribution in [0.25, 0.3) is 0 Å². The fraction of sp³-hybridized carbons (Fsp3) is 0.750. The van der Waals surface area contributed by atoms with Crippen LogP contribution in [-0.4, -0.2) is 8.07 Å². The zero-order chi connectivity index (χ0) is 4.50. The Balaban J connectivity index is 3.02. The normalized spacial score (nSPS) is 11.8. The van der Waals surface area contributed by atoms with Crippen molar-refractivity contribution in [2.45, 2.75) is 19.6 Å². The van der Waals surface area contributed by atoms with Gasteiger partial charge in [-0.3, -0.25) is 0 Å². The molecule has 0 aliphatic carbocycles. The van der Waals surface area contributed by atoms with Crippen molar-refractivity contribution in [1.29, 1.82) is 0 Å². The third kappa shape index (κ3) is 2360. The van der Waals surface area contributed by atoms with E-state index in [1.54, 1.807) is 0 Å². The highest BCUT2D eigenvalue weighted by Crippen LogP contribution is 1.92. The Hall–Kier alpha value is 0.0869. The second kappa shape index (κ2) is 1.05. The van der Waals surface area contributed by atoms with E-state index in [-0.39, 0.29) is 0 Å². The van der Waals surface area contributed by atoms with Crippen LogP contribution in [0.3, 0.4) is 0 Å². The fourth-order valence-corrected chi connectivity index (χ4v) is 0. The molecule has 0 amide bonds. The SMILES string of the molecule is [CH2+][Si](C)(C)C. The van der Waals surface area contributed by atoms with Gasteiger partial charge in [0.15, 0.2) is 0 Å². The van der Waals surface area contributed by atoms with Gasteiger partial charge in [-0.2, -0.15) is 0 Å². The highest BCUT2D eigenvalue weighted by atomic mass is 28.3. The van der Waals surface area contributed by atoms with E-state index >= 15 is 0 Å². The average Bonchev–Trinajstić information content (AvgIpc) is 0.722. The lowest BCUT2D eigenvalue weighted by Crippen LogP contribution is -2.12. The van der Waals surface area contributed by atoms with Crippen LogP contribution in [0.1, 0.15) is 0 Å². The van der Waals surface area contributed by atoms with Gasteiger partial charge in [0.05, 0.1) is 0 Å². The van der Waals surface area contributed by atoms with Gasteiger partial charge in [0.2, 0.25) is 0 Å². The van der Waals surface area contributed by atoms with E-state index in [2.05, 4.69) is 26.2 Å². The third-order valence-electron chi connectivity index (χ3n) is 0. The molecule has 1 heteroatoms. The van der Waals surface area contributed by atoms with Crippen molar-refractivity contribution < 1.29 is 0 Å². The zero-order valence-electron chi connectivity index (χ0n) is 4.21. The summed E-state index contributed by atoms with van der Waals surface area (Å²) >= 11 is 0. The average molecular weight is 87.2 g/mol. The predicted octanol–water partition coefficient (Wildman–Crippen LogP) is 1.70. The molecule has 0 unspecified atom stereocenters.